The number of oxazole rings is 1. The van der Waals surface area contributed by atoms with E-state index >= 15 is 0 Å². The Bertz CT molecular complexity index is 841. The monoisotopic (exact) mass is 348 g/mol. The average molecular weight is 348 g/mol. The summed E-state index contributed by atoms with van der Waals surface area (Å²) in [7, 11) is -3.04. The predicted octanol–water partition coefficient (Wildman–Crippen LogP) is 1.97. The largest absolute Gasteiger partial charge is 0.440 e. The van der Waals surface area contributed by atoms with Crippen LogP contribution in [0.15, 0.2) is 28.7 Å². The highest BCUT2D eigenvalue weighted by molar-refractivity contribution is 7.91. The van der Waals surface area contributed by atoms with Crippen LogP contribution >= 0.6 is 0 Å². The van der Waals surface area contributed by atoms with Gasteiger partial charge in [0.2, 0.25) is 5.91 Å². The lowest BCUT2D eigenvalue weighted by Crippen LogP contribution is -2.42. The lowest BCUT2D eigenvalue weighted by Gasteiger charge is -2.32. The number of benzene rings is 1. The smallest absolute Gasteiger partial charge is 0.226 e. The Kier molecular flexibility index (Phi) is 3.83. The number of para-hydroxylation sites is 2. The maximum absolute atomic E-state index is 12.6. The Balaban J connectivity index is 1.50. The van der Waals surface area contributed by atoms with Gasteiger partial charge < -0.3 is 9.32 Å². The van der Waals surface area contributed by atoms with E-state index in [9.17, 15) is 13.2 Å². The van der Waals surface area contributed by atoms with Gasteiger partial charge in [-0.3, -0.25) is 4.79 Å². The van der Waals surface area contributed by atoms with Gasteiger partial charge in [0.15, 0.2) is 21.3 Å². The number of likely N-dealkylation sites (tertiary alicyclic amines) is 1. The maximum atomic E-state index is 12.6. The fourth-order valence-corrected chi connectivity index (χ4v) is 5.42. The highest BCUT2D eigenvalue weighted by Gasteiger charge is 2.37. The quantitative estimate of drug-likeness (QED) is 0.829. The molecule has 2 aliphatic heterocycles. The van der Waals surface area contributed by atoms with Crippen molar-refractivity contribution in [2.75, 3.05) is 24.6 Å². The first-order valence-electron chi connectivity index (χ1n) is 8.36. The molecule has 0 bridgehead atoms. The van der Waals surface area contributed by atoms with Crippen molar-refractivity contribution in [3.63, 3.8) is 0 Å². The van der Waals surface area contributed by atoms with E-state index in [1.54, 1.807) is 4.90 Å². The van der Waals surface area contributed by atoms with Crippen LogP contribution in [0.4, 0.5) is 0 Å². The second-order valence-electron chi connectivity index (χ2n) is 6.74. The summed E-state index contributed by atoms with van der Waals surface area (Å²) in [5.41, 5.74) is 1.59. The summed E-state index contributed by atoms with van der Waals surface area (Å²) >= 11 is 0. The number of carbonyl (C=O) groups is 1. The van der Waals surface area contributed by atoms with Gasteiger partial charge in [-0.05, 0) is 31.4 Å². The number of nitrogens with zero attached hydrogens (tertiary/aromatic N) is 2. The van der Waals surface area contributed by atoms with Crippen LogP contribution in [0.5, 0.6) is 0 Å². The van der Waals surface area contributed by atoms with Crippen LogP contribution in [0, 0.1) is 5.92 Å². The lowest BCUT2D eigenvalue weighted by atomic mass is 9.96. The third-order valence-electron chi connectivity index (χ3n) is 4.97. The molecular weight excluding hydrogens is 328 g/mol. The van der Waals surface area contributed by atoms with Crippen molar-refractivity contribution in [2.45, 2.75) is 25.2 Å². The summed E-state index contributed by atoms with van der Waals surface area (Å²) in [5.74, 6) is 0.469. The second-order valence-corrected chi connectivity index (χ2v) is 8.97. The van der Waals surface area contributed by atoms with E-state index in [2.05, 4.69) is 4.98 Å². The number of fused-ring (bicyclic) bond motifs is 1. The van der Waals surface area contributed by atoms with Crippen LogP contribution in [-0.4, -0.2) is 48.8 Å². The molecule has 4 rings (SSSR count). The first-order chi connectivity index (χ1) is 11.5. The SMILES string of the molecule is O=C(C1CCS(=O)(=O)C1)N1CCCC(c2nc3ccccc3o2)C1. The molecule has 3 heterocycles. The molecule has 6 nitrogen and oxygen atoms in total. The summed E-state index contributed by atoms with van der Waals surface area (Å²) in [6.45, 7) is 1.24. The number of rotatable bonds is 2. The zero-order valence-electron chi connectivity index (χ0n) is 13.3. The highest BCUT2D eigenvalue weighted by Crippen LogP contribution is 2.30. The number of aromatic nitrogens is 1. The molecule has 1 aromatic heterocycles. The summed E-state index contributed by atoms with van der Waals surface area (Å²) < 4.78 is 29.1. The van der Waals surface area contributed by atoms with Crippen molar-refractivity contribution in [1.29, 1.82) is 0 Å². The Morgan fingerprint density at radius 3 is 2.83 bits per heavy atom. The maximum Gasteiger partial charge on any atom is 0.226 e. The zero-order chi connectivity index (χ0) is 16.7. The Hall–Kier alpha value is -1.89. The molecule has 1 amide bonds. The van der Waals surface area contributed by atoms with Crippen molar-refractivity contribution in [3.8, 4) is 0 Å². The van der Waals surface area contributed by atoms with Gasteiger partial charge in [0, 0.05) is 13.1 Å². The van der Waals surface area contributed by atoms with Gasteiger partial charge in [0.1, 0.15) is 5.52 Å². The van der Waals surface area contributed by atoms with E-state index in [1.807, 2.05) is 24.3 Å². The molecule has 2 aliphatic rings. The van der Waals surface area contributed by atoms with Crippen LogP contribution < -0.4 is 0 Å². The van der Waals surface area contributed by atoms with Crippen LogP contribution in [0.1, 0.15) is 31.1 Å². The number of sulfone groups is 1. The molecule has 0 spiro atoms. The minimum Gasteiger partial charge on any atom is -0.440 e. The van der Waals surface area contributed by atoms with Gasteiger partial charge in [0.25, 0.3) is 0 Å². The molecule has 128 valence electrons. The minimum absolute atomic E-state index is 0.00408. The minimum atomic E-state index is -3.04. The van der Waals surface area contributed by atoms with Gasteiger partial charge >= 0.3 is 0 Å². The molecule has 2 atom stereocenters. The van der Waals surface area contributed by atoms with E-state index in [-0.39, 0.29) is 29.2 Å². The topological polar surface area (TPSA) is 80.5 Å². The standard InChI is InChI=1S/C17H20N2O4S/c20-17(13-7-9-24(21,22)11-13)19-8-3-4-12(10-19)16-18-14-5-1-2-6-15(14)23-16/h1-2,5-6,12-13H,3-4,7-11H2. The van der Waals surface area contributed by atoms with E-state index in [0.29, 0.717) is 25.4 Å². The number of piperidine rings is 1. The molecule has 2 fully saturated rings. The molecule has 24 heavy (non-hydrogen) atoms. The van der Waals surface area contributed by atoms with Gasteiger partial charge in [-0.25, -0.2) is 13.4 Å². The third-order valence-corrected chi connectivity index (χ3v) is 6.74. The van der Waals surface area contributed by atoms with Crippen molar-refractivity contribution in [1.82, 2.24) is 9.88 Å². The molecule has 1 aromatic carbocycles. The number of hydrogen-bond acceptors (Lipinski definition) is 5. The highest BCUT2D eigenvalue weighted by atomic mass is 32.2. The zero-order valence-corrected chi connectivity index (χ0v) is 14.2. The van der Waals surface area contributed by atoms with Crippen LogP contribution in [-0.2, 0) is 14.6 Å². The normalized spacial score (nSPS) is 26.8. The molecule has 0 N–H and O–H groups in total. The average Bonchev–Trinajstić information content (AvgIpc) is 3.17. The first kappa shape index (κ1) is 15.6. The molecule has 2 aromatic rings. The molecule has 2 unspecified atom stereocenters. The Labute approximate surface area is 140 Å². The summed E-state index contributed by atoms with van der Waals surface area (Å²) in [6.07, 6.45) is 2.26. The van der Waals surface area contributed by atoms with Gasteiger partial charge in [-0.2, -0.15) is 0 Å². The van der Waals surface area contributed by atoms with Crippen molar-refractivity contribution in [2.24, 2.45) is 5.92 Å². The Morgan fingerprint density at radius 2 is 2.08 bits per heavy atom. The Morgan fingerprint density at radius 1 is 1.25 bits per heavy atom. The van der Waals surface area contributed by atoms with Crippen LogP contribution in [0.3, 0.4) is 0 Å². The molecule has 2 saturated heterocycles. The van der Waals surface area contributed by atoms with Gasteiger partial charge in [-0.15, -0.1) is 0 Å². The van der Waals surface area contributed by atoms with E-state index in [0.717, 1.165) is 23.9 Å². The van der Waals surface area contributed by atoms with Crippen LogP contribution in [0.2, 0.25) is 0 Å². The van der Waals surface area contributed by atoms with Crippen molar-refractivity contribution in [3.05, 3.63) is 30.2 Å². The molecular formula is C17H20N2O4S. The summed E-state index contributed by atoms with van der Waals surface area (Å²) in [5, 5.41) is 0. The molecule has 0 saturated carbocycles. The third kappa shape index (κ3) is 2.92. The number of hydrogen-bond donors (Lipinski definition) is 0. The molecule has 0 aliphatic carbocycles. The molecule has 7 heteroatoms. The van der Waals surface area contributed by atoms with E-state index in [4.69, 9.17) is 4.42 Å². The predicted molar refractivity (Wildman–Crippen MR) is 89.3 cm³/mol. The molecule has 0 radical (unpaired) electrons. The van der Waals surface area contributed by atoms with Crippen molar-refractivity contribution < 1.29 is 17.6 Å². The summed E-state index contributed by atoms with van der Waals surface area (Å²) in [4.78, 5) is 19.0. The fourth-order valence-electron chi connectivity index (χ4n) is 3.69. The van der Waals surface area contributed by atoms with E-state index in [1.165, 1.54) is 0 Å². The van der Waals surface area contributed by atoms with Gasteiger partial charge in [0.05, 0.1) is 23.3 Å². The number of amides is 1. The summed E-state index contributed by atoms with van der Waals surface area (Å²) in [6, 6.07) is 7.64. The number of carbonyl (C=O) groups excluding carboxylic acids is 1. The lowest BCUT2D eigenvalue weighted by molar-refractivity contribution is -0.136. The van der Waals surface area contributed by atoms with E-state index < -0.39 is 9.84 Å². The van der Waals surface area contributed by atoms with Crippen LogP contribution in [0.25, 0.3) is 11.1 Å². The van der Waals surface area contributed by atoms with Crippen molar-refractivity contribution >= 4 is 26.8 Å². The first-order valence-corrected chi connectivity index (χ1v) is 10.2. The second kappa shape index (κ2) is 5.88. The van der Waals surface area contributed by atoms with Gasteiger partial charge in [-0.1, -0.05) is 12.1 Å². The fraction of sp³-hybridized carbons (Fsp3) is 0.529.